The zero-order valence-corrected chi connectivity index (χ0v) is 14.6. The zero-order valence-electron chi connectivity index (χ0n) is 8.97. The Labute approximate surface area is 145 Å². The fraction of sp³-hybridized carbons (Fsp3) is 0.250. The van der Waals surface area contributed by atoms with Gasteiger partial charge in [0.1, 0.15) is 0 Å². The average molecular weight is 468 g/mol. The van der Waals surface area contributed by atoms with Crippen molar-refractivity contribution >= 4 is 32.0 Å². The minimum absolute atomic E-state index is 0. The molecule has 0 spiro atoms. The topological polar surface area (TPSA) is 119 Å². The molecule has 0 saturated heterocycles. The van der Waals surface area contributed by atoms with Crippen molar-refractivity contribution in [3.63, 3.8) is 0 Å². The molecule has 0 saturated carbocycles. The molecule has 0 aromatic rings. The molecule has 2 radical (unpaired) electrons. The zero-order chi connectivity index (χ0) is 16.0. The van der Waals surface area contributed by atoms with Gasteiger partial charge in [0.05, 0.1) is 0 Å². The van der Waals surface area contributed by atoms with Crippen molar-refractivity contribution in [1.29, 1.82) is 0 Å². The SMILES string of the molecule is C[Se].C[Se].[C-]#[O+].[C-]#[O+].[C-]#[O+].[C-]#[O+].[C-]#[O+].[C-]#[O+].[Fe].[Fe]. The monoisotopic (exact) mass is 470 g/mol. The van der Waals surface area contributed by atoms with E-state index in [0.29, 0.717) is 0 Å². The van der Waals surface area contributed by atoms with Gasteiger partial charge in [-0.15, -0.1) is 0 Å². The largest absolute Gasteiger partial charge is 0 e. The van der Waals surface area contributed by atoms with E-state index in [1.807, 2.05) is 11.6 Å². The van der Waals surface area contributed by atoms with E-state index in [1.54, 1.807) is 0 Å². The van der Waals surface area contributed by atoms with Crippen LogP contribution in [0.1, 0.15) is 0 Å². The molecule has 0 rings (SSSR count). The Morgan fingerprint density at radius 3 is 0.389 bits per heavy atom. The van der Waals surface area contributed by atoms with E-state index in [4.69, 9.17) is 27.9 Å². The Bertz CT molecular complexity index is 107. The molecule has 0 heterocycles. The minimum atomic E-state index is 0. The summed E-state index contributed by atoms with van der Waals surface area (Å²) in [6, 6.07) is 0. The van der Waals surface area contributed by atoms with E-state index < -0.39 is 0 Å². The van der Waals surface area contributed by atoms with Crippen LogP contribution in [-0.2, 0) is 62.1 Å². The maximum Gasteiger partial charge on any atom is 0 e. The van der Waals surface area contributed by atoms with Crippen LogP contribution in [0.2, 0.25) is 11.6 Å². The van der Waals surface area contributed by atoms with Crippen LogP contribution >= 0.6 is 0 Å². The summed E-state index contributed by atoms with van der Waals surface area (Å²) in [7, 11) is 0. The predicted octanol–water partition coefficient (Wildman–Crippen LogP) is 0.176. The Morgan fingerprint density at radius 2 is 0.389 bits per heavy atom. The fourth-order valence-electron chi connectivity index (χ4n) is 0. The Kier molecular flexibility index (Phi) is 77500. The van der Waals surface area contributed by atoms with Gasteiger partial charge in [0.25, 0.3) is 0 Å². The van der Waals surface area contributed by atoms with E-state index in [0.717, 1.165) is 0 Å². The van der Waals surface area contributed by atoms with Crippen LogP contribution in [0.25, 0.3) is 0 Å². The van der Waals surface area contributed by atoms with Gasteiger partial charge in [0.2, 0.25) is 0 Å². The molecule has 0 bridgehead atoms. The van der Waals surface area contributed by atoms with Crippen molar-refractivity contribution in [3.05, 3.63) is 39.9 Å². The van der Waals surface area contributed by atoms with E-state index in [-0.39, 0.29) is 34.1 Å². The summed E-state index contributed by atoms with van der Waals surface area (Å²) in [6.45, 7) is 27.0. The van der Waals surface area contributed by atoms with Gasteiger partial charge in [-0.05, 0) is 0 Å². The molecule has 0 amide bonds. The van der Waals surface area contributed by atoms with Gasteiger partial charge in [-0.2, -0.15) is 0 Å². The third-order valence-electron chi connectivity index (χ3n) is 0. The third-order valence-corrected chi connectivity index (χ3v) is 0. The first-order valence-corrected chi connectivity index (χ1v) is 5.47. The summed E-state index contributed by atoms with van der Waals surface area (Å²) in [5, 5.41) is 0. The molecule has 0 aliphatic carbocycles. The molecule has 0 aliphatic heterocycles. The van der Waals surface area contributed by atoms with Crippen LogP contribution < -0.4 is 0 Å². The normalized spacial score (nSPS) is 1.33. The van der Waals surface area contributed by atoms with E-state index in [9.17, 15) is 0 Å². The number of rotatable bonds is 0. The molecule has 10 heteroatoms. The molecule has 0 unspecified atom stereocenters. The van der Waals surface area contributed by atoms with Gasteiger partial charge < -0.3 is 0 Å². The maximum atomic E-state index is 7.50. The van der Waals surface area contributed by atoms with Gasteiger partial charge in [-0.25, -0.2) is 0 Å². The fourth-order valence-corrected chi connectivity index (χ4v) is 0. The molecule has 0 aromatic carbocycles. The molecule has 0 aromatic heterocycles. The minimum Gasteiger partial charge on any atom is 0 e. The van der Waals surface area contributed by atoms with Gasteiger partial charge in [-0.3, -0.25) is 0 Å². The first-order valence-electron chi connectivity index (χ1n) is 2.04. The summed E-state index contributed by atoms with van der Waals surface area (Å²) in [6.07, 6.45) is 0. The van der Waals surface area contributed by atoms with Crippen LogP contribution in [0.4, 0.5) is 0 Å². The molecule has 0 fully saturated rings. The number of hydrogen-bond acceptors (Lipinski definition) is 0. The first kappa shape index (κ1) is 78.3. The predicted molar refractivity (Wildman–Crippen MR) is 46.8 cm³/mol. The van der Waals surface area contributed by atoms with Crippen LogP contribution in [0.15, 0.2) is 0 Å². The molecular weight excluding hydrogens is 462 g/mol. The van der Waals surface area contributed by atoms with Crippen LogP contribution in [0.5, 0.6) is 0 Å². The Balaban J connectivity index is -0.00000000500. The van der Waals surface area contributed by atoms with Crippen molar-refractivity contribution in [3.8, 4) is 0 Å². The summed E-state index contributed by atoms with van der Waals surface area (Å²) >= 11 is 5.25. The second-order valence-electron chi connectivity index (χ2n) is 0. The molecule has 0 aliphatic rings. The smallest absolute Gasteiger partial charge is 0 e. The Morgan fingerprint density at radius 1 is 0.389 bits per heavy atom. The van der Waals surface area contributed by atoms with Gasteiger partial charge >= 0.3 is 111 Å². The van der Waals surface area contributed by atoms with Crippen molar-refractivity contribution in [2.75, 3.05) is 0 Å². The molecule has 6 nitrogen and oxygen atoms in total. The third kappa shape index (κ3) is 14800. The Hall–Kier alpha value is 0.518. The molecular formula is C8H6Fe2O6Se2. The van der Waals surface area contributed by atoms with Crippen LogP contribution in [0.3, 0.4) is 0 Å². The van der Waals surface area contributed by atoms with E-state index >= 15 is 0 Å². The molecule has 0 N–H and O–H groups in total. The molecule has 18 heavy (non-hydrogen) atoms. The molecule has 102 valence electrons. The van der Waals surface area contributed by atoms with E-state index in [2.05, 4.69) is 71.9 Å². The number of hydrogen-bond donors (Lipinski definition) is 0. The van der Waals surface area contributed by atoms with Crippen LogP contribution in [0, 0.1) is 39.9 Å². The van der Waals surface area contributed by atoms with Crippen molar-refractivity contribution in [1.82, 2.24) is 0 Å². The van der Waals surface area contributed by atoms with Crippen molar-refractivity contribution in [2.24, 2.45) is 0 Å². The second kappa shape index (κ2) is 17800. The second-order valence-corrected chi connectivity index (χ2v) is 0. The van der Waals surface area contributed by atoms with Gasteiger partial charge in [0.15, 0.2) is 0 Å². The van der Waals surface area contributed by atoms with E-state index in [1.165, 1.54) is 0 Å². The van der Waals surface area contributed by atoms with Crippen LogP contribution in [-0.4, -0.2) is 32.0 Å². The van der Waals surface area contributed by atoms with Crippen molar-refractivity contribution in [2.45, 2.75) is 11.6 Å². The van der Waals surface area contributed by atoms with Crippen molar-refractivity contribution < 1.29 is 62.1 Å². The summed E-state index contributed by atoms with van der Waals surface area (Å²) in [5.41, 5.74) is 0. The van der Waals surface area contributed by atoms with Gasteiger partial charge in [-0.1, -0.05) is 0 Å². The standard InChI is InChI=1S/6CO.2CH3Se.2Fe/c8*1-2;;/h;;;;;;2*1H3;;. The first-order chi connectivity index (χ1) is 8.00. The quantitative estimate of drug-likeness (QED) is 0.274. The summed E-state index contributed by atoms with van der Waals surface area (Å²) < 4.78 is 45.0. The maximum absolute atomic E-state index is 7.50. The average Bonchev–Trinajstić information content (AvgIpc) is 2.54. The summed E-state index contributed by atoms with van der Waals surface area (Å²) in [5.74, 6) is 3.75. The molecule has 0 atom stereocenters. The summed E-state index contributed by atoms with van der Waals surface area (Å²) in [4.78, 5) is 0. The van der Waals surface area contributed by atoms with Gasteiger partial charge in [0, 0.05) is 34.1 Å².